The Hall–Kier alpha value is -1.79. The van der Waals surface area contributed by atoms with Crippen LogP contribution in [0.3, 0.4) is 0 Å². The molecule has 24 heavy (non-hydrogen) atoms. The Bertz CT molecular complexity index is 412. The molecule has 0 aliphatic heterocycles. The molecule has 0 spiro atoms. The summed E-state index contributed by atoms with van der Waals surface area (Å²) < 4.78 is 0. The van der Waals surface area contributed by atoms with E-state index in [9.17, 15) is 4.79 Å². The lowest BCUT2D eigenvalue weighted by Crippen LogP contribution is -1.93. The van der Waals surface area contributed by atoms with Crippen molar-refractivity contribution in [1.29, 1.82) is 0 Å². The van der Waals surface area contributed by atoms with E-state index in [2.05, 4.69) is 9.78 Å². The van der Waals surface area contributed by atoms with Crippen molar-refractivity contribution in [2.24, 2.45) is 0 Å². The van der Waals surface area contributed by atoms with Crippen molar-refractivity contribution in [1.82, 2.24) is 0 Å². The second kappa shape index (κ2) is 16.1. The quantitative estimate of drug-likeness (QED) is 0.123. The first-order valence-electron chi connectivity index (χ1n) is 8.51. The van der Waals surface area contributed by atoms with E-state index in [0.29, 0.717) is 24.4 Å². The highest BCUT2D eigenvalue weighted by molar-refractivity contribution is 5.66. The molecule has 0 bridgehead atoms. The third-order valence-electron chi connectivity index (χ3n) is 3.44. The summed E-state index contributed by atoms with van der Waals surface area (Å²) in [6, 6.07) is 0. The van der Waals surface area contributed by atoms with E-state index in [1.165, 1.54) is 0 Å². The Morgan fingerprint density at radius 2 is 1.42 bits per heavy atom. The van der Waals surface area contributed by atoms with Crippen molar-refractivity contribution in [3.63, 3.8) is 0 Å². The van der Waals surface area contributed by atoms with Gasteiger partial charge in [-0.3, -0.25) is 4.79 Å². The van der Waals surface area contributed by atoms with Crippen LogP contribution in [0, 0.1) is 0 Å². The predicted octanol–water partition coefficient (Wildman–Crippen LogP) is 5.30. The molecule has 6 nitrogen and oxygen atoms in total. The van der Waals surface area contributed by atoms with Gasteiger partial charge >= 0.3 is 5.97 Å². The lowest BCUT2D eigenvalue weighted by molar-refractivity contribution is -0.205. The first-order chi connectivity index (χ1) is 11.6. The minimum absolute atomic E-state index is 0.241. The Morgan fingerprint density at radius 3 is 1.96 bits per heavy atom. The van der Waals surface area contributed by atoms with Gasteiger partial charge in [0, 0.05) is 19.3 Å². The van der Waals surface area contributed by atoms with E-state index in [0.717, 1.165) is 44.9 Å². The van der Waals surface area contributed by atoms with E-state index in [1.54, 1.807) is 6.08 Å². The third kappa shape index (κ3) is 13.8. The van der Waals surface area contributed by atoms with Crippen LogP contribution in [0.15, 0.2) is 35.8 Å². The molecule has 0 aliphatic rings. The molecule has 0 amide bonds. The van der Waals surface area contributed by atoms with Crippen LogP contribution in [0.1, 0.15) is 71.1 Å². The van der Waals surface area contributed by atoms with Crippen molar-refractivity contribution in [2.45, 2.75) is 71.1 Å². The van der Waals surface area contributed by atoms with Crippen molar-refractivity contribution >= 4 is 5.97 Å². The van der Waals surface area contributed by atoms with Crippen molar-refractivity contribution in [2.75, 3.05) is 0 Å². The van der Waals surface area contributed by atoms with Gasteiger partial charge in [-0.05, 0) is 37.8 Å². The summed E-state index contributed by atoms with van der Waals surface area (Å²) in [5, 5.41) is 26.0. The zero-order valence-corrected chi connectivity index (χ0v) is 14.4. The number of carboxylic acid groups (broad SMARTS) is 1. The molecule has 0 aromatic rings. The van der Waals surface area contributed by atoms with Crippen molar-refractivity contribution in [3.8, 4) is 0 Å². The molecule has 0 rings (SSSR count). The average Bonchev–Trinajstić information content (AvgIpc) is 2.57. The molecule has 0 unspecified atom stereocenters. The number of hydrogen-bond acceptors (Lipinski definition) is 5. The molecule has 0 saturated heterocycles. The summed E-state index contributed by atoms with van der Waals surface area (Å²) in [6.07, 6.45) is 14.8. The monoisotopic (exact) mass is 342 g/mol. The van der Waals surface area contributed by atoms with Crippen LogP contribution in [0.25, 0.3) is 0 Å². The maximum atomic E-state index is 10.4. The molecule has 0 aromatic heterocycles. The second-order valence-corrected chi connectivity index (χ2v) is 5.51. The van der Waals surface area contributed by atoms with Crippen molar-refractivity contribution in [3.05, 3.63) is 35.8 Å². The van der Waals surface area contributed by atoms with Crippen LogP contribution < -0.4 is 0 Å². The Morgan fingerprint density at radius 1 is 0.875 bits per heavy atom. The minimum Gasteiger partial charge on any atom is -0.481 e. The molecule has 0 aromatic carbocycles. The maximum Gasteiger partial charge on any atom is 0.303 e. The molecular formula is C18H30O6. The fraction of sp³-hybridized carbons (Fsp3) is 0.611. The zero-order chi connectivity index (χ0) is 18.0. The van der Waals surface area contributed by atoms with Gasteiger partial charge in [0.2, 0.25) is 0 Å². The van der Waals surface area contributed by atoms with Gasteiger partial charge in [-0.15, -0.1) is 0 Å². The first kappa shape index (κ1) is 22.2. The maximum absolute atomic E-state index is 10.4. The predicted molar refractivity (Wildman–Crippen MR) is 92.2 cm³/mol. The summed E-state index contributed by atoms with van der Waals surface area (Å²) in [5.41, 5.74) is 0. The molecule has 0 heterocycles. The van der Waals surface area contributed by atoms with Crippen LogP contribution in [0.2, 0.25) is 0 Å². The smallest absolute Gasteiger partial charge is 0.303 e. The summed E-state index contributed by atoms with van der Waals surface area (Å²) in [5.74, 6) is 0.244. The molecule has 6 heteroatoms. The van der Waals surface area contributed by atoms with E-state index < -0.39 is 5.97 Å². The Kier molecular flexibility index (Phi) is 14.9. The van der Waals surface area contributed by atoms with E-state index in [4.69, 9.17) is 15.6 Å². The Labute approximate surface area is 144 Å². The number of aliphatic carboxylic acids is 1. The summed E-state index contributed by atoms with van der Waals surface area (Å²) in [7, 11) is 0. The molecule has 0 saturated carbocycles. The SMILES string of the molecule is CC/C=C(\C/C=C\C/C(=C\CCCCCCCC(=O)O)OO)OO. The van der Waals surface area contributed by atoms with Crippen LogP contribution in [-0.4, -0.2) is 21.6 Å². The van der Waals surface area contributed by atoms with Crippen LogP contribution in [0.5, 0.6) is 0 Å². The lowest BCUT2D eigenvalue weighted by Gasteiger charge is -2.02. The van der Waals surface area contributed by atoms with Crippen molar-refractivity contribution < 1.29 is 30.2 Å². The highest BCUT2D eigenvalue weighted by Gasteiger charge is 1.98. The van der Waals surface area contributed by atoms with Gasteiger partial charge in [0.15, 0.2) is 0 Å². The zero-order valence-electron chi connectivity index (χ0n) is 14.4. The van der Waals surface area contributed by atoms with Gasteiger partial charge in [0.05, 0.1) is 0 Å². The first-order valence-corrected chi connectivity index (χ1v) is 8.51. The normalized spacial score (nSPS) is 12.6. The van der Waals surface area contributed by atoms with E-state index in [-0.39, 0.29) is 6.42 Å². The molecular weight excluding hydrogens is 312 g/mol. The Balaban J connectivity index is 3.85. The van der Waals surface area contributed by atoms with Gasteiger partial charge in [0.25, 0.3) is 0 Å². The highest BCUT2D eigenvalue weighted by Crippen LogP contribution is 2.12. The van der Waals surface area contributed by atoms with Crippen LogP contribution in [-0.2, 0) is 14.6 Å². The summed E-state index contributed by atoms with van der Waals surface area (Å²) in [4.78, 5) is 19.0. The summed E-state index contributed by atoms with van der Waals surface area (Å²) >= 11 is 0. The number of carboxylic acids is 1. The number of carbonyl (C=O) groups is 1. The fourth-order valence-corrected chi connectivity index (χ4v) is 2.16. The largest absolute Gasteiger partial charge is 0.481 e. The molecule has 0 radical (unpaired) electrons. The lowest BCUT2D eigenvalue weighted by atomic mass is 10.1. The van der Waals surface area contributed by atoms with Gasteiger partial charge in [-0.2, -0.15) is 0 Å². The van der Waals surface area contributed by atoms with E-state index >= 15 is 0 Å². The average molecular weight is 342 g/mol. The van der Waals surface area contributed by atoms with Gasteiger partial charge in [-0.1, -0.05) is 38.3 Å². The molecule has 3 N–H and O–H groups in total. The second-order valence-electron chi connectivity index (χ2n) is 5.51. The molecule has 0 aliphatic carbocycles. The third-order valence-corrected chi connectivity index (χ3v) is 3.44. The highest BCUT2D eigenvalue weighted by atomic mass is 17.1. The number of unbranched alkanes of at least 4 members (excludes halogenated alkanes) is 5. The fourth-order valence-electron chi connectivity index (χ4n) is 2.16. The number of rotatable bonds is 15. The molecule has 0 fully saturated rings. The number of allylic oxidation sites excluding steroid dienone is 4. The molecule has 138 valence electrons. The van der Waals surface area contributed by atoms with Gasteiger partial charge in [-0.25, -0.2) is 10.5 Å². The van der Waals surface area contributed by atoms with Gasteiger partial charge < -0.3 is 14.9 Å². The van der Waals surface area contributed by atoms with Crippen LogP contribution >= 0.6 is 0 Å². The van der Waals surface area contributed by atoms with Gasteiger partial charge in [0.1, 0.15) is 11.5 Å². The number of hydrogen-bond donors (Lipinski definition) is 3. The standard InChI is InChI=1S/C18H30O6/c1-2-11-16(23-21)13-9-10-14-17(24-22)12-7-5-3-4-6-8-15-18(19)20/h9-12,21-22H,2-8,13-15H2,1H3,(H,19,20)/b10-9-,16-11+,17-12+. The molecule has 0 atom stereocenters. The summed E-state index contributed by atoms with van der Waals surface area (Å²) in [6.45, 7) is 1.95. The van der Waals surface area contributed by atoms with Crippen LogP contribution in [0.4, 0.5) is 0 Å². The topological polar surface area (TPSA) is 96.2 Å². The van der Waals surface area contributed by atoms with E-state index in [1.807, 2.05) is 25.2 Å². The minimum atomic E-state index is -0.737.